The van der Waals surface area contributed by atoms with E-state index in [2.05, 4.69) is 44.2 Å². The molecule has 0 aliphatic carbocycles. The summed E-state index contributed by atoms with van der Waals surface area (Å²) in [5.74, 6) is 1.77. The van der Waals surface area contributed by atoms with Gasteiger partial charge in [-0.1, -0.05) is 89.1 Å². The molecule has 0 aromatic heterocycles. The van der Waals surface area contributed by atoms with Crippen LogP contribution in [-0.2, 0) is 6.42 Å². The highest BCUT2D eigenvalue weighted by molar-refractivity contribution is 5.19. The van der Waals surface area contributed by atoms with Crippen LogP contribution in [0.25, 0.3) is 0 Å². The van der Waals surface area contributed by atoms with Crippen molar-refractivity contribution in [3.05, 3.63) is 41.8 Å². The van der Waals surface area contributed by atoms with Crippen molar-refractivity contribution < 1.29 is 0 Å². The summed E-state index contributed by atoms with van der Waals surface area (Å²) < 4.78 is 0. The molecule has 0 amide bonds. The zero-order valence-corrected chi connectivity index (χ0v) is 13.0. The second-order valence-corrected chi connectivity index (χ2v) is 5.68. The number of rotatable bonds is 11. The summed E-state index contributed by atoms with van der Waals surface area (Å²) >= 11 is 0. The van der Waals surface area contributed by atoms with Crippen LogP contribution < -0.4 is 0 Å². The second-order valence-electron chi connectivity index (χ2n) is 5.68. The van der Waals surface area contributed by atoms with Gasteiger partial charge in [-0.05, 0) is 30.7 Å². The van der Waals surface area contributed by atoms with Gasteiger partial charge in [-0.2, -0.15) is 0 Å². The maximum absolute atomic E-state index is 2.29. The zero-order chi connectivity index (χ0) is 13.8. The SMILES string of the molecule is CCCCCC[C](CCCCC)Cc1ccccc1. The predicted octanol–water partition coefficient (Wildman–Crippen LogP) is 6.35. The van der Waals surface area contributed by atoms with E-state index in [4.69, 9.17) is 0 Å². The van der Waals surface area contributed by atoms with Crippen LogP contribution in [0.3, 0.4) is 0 Å². The lowest BCUT2D eigenvalue weighted by Gasteiger charge is -2.16. The summed E-state index contributed by atoms with van der Waals surface area (Å²) in [5.41, 5.74) is 1.49. The summed E-state index contributed by atoms with van der Waals surface area (Å²) in [7, 11) is 0. The Balaban J connectivity index is 2.35. The second kappa shape index (κ2) is 11.1. The molecule has 1 rings (SSSR count). The maximum Gasteiger partial charge on any atom is -0.0197 e. The van der Waals surface area contributed by atoms with Gasteiger partial charge in [0.2, 0.25) is 0 Å². The van der Waals surface area contributed by atoms with E-state index < -0.39 is 0 Å². The van der Waals surface area contributed by atoms with E-state index in [0.717, 1.165) is 0 Å². The fraction of sp³-hybridized carbons (Fsp3) is 0.632. The first kappa shape index (κ1) is 16.3. The summed E-state index contributed by atoms with van der Waals surface area (Å²) in [5, 5.41) is 0. The van der Waals surface area contributed by atoms with E-state index in [1.807, 2.05) is 0 Å². The van der Waals surface area contributed by atoms with Crippen molar-refractivity contribution in [2.45, 2.75) is 78.1 Å². The van der Waals surface area contributed by atoms with Gasteiger partial charge >= 0.3 is 0 Å². The van der Waals surface area contributed by atoms with Crippen LogP contribution in [0.2, 0.25) is 0 Å². The maximum atomic E-state index is 2.29. The fourth-order valence-corrected chi connectivity index (χ4v) is 2.61. The summed E-state index contributed by atoms with van der Waals surface area (Å²) in [6, 6.07) is 11.0. The monoisotopic (exact) mass is 259 g/mol. The third-order valence-corrected chi connectivity index (χ3v) is 3.81. The highest BCUT2D eigenvalue weighted by Gasteiger charge is 2.09. The third kappa shape index (κ3) is 8.08. The van der Waals surface area contributed by atoms with Crippen molar-refractivity contribution in [3.8, 4) is 0 Å². The van der Waals surface area contributed by atoms with Gasteiger partial charge in [-0.25, -0.2) is 0 Å². The van der Waals surface area contributed by atoms with Gasteiger partial charge < -0.3 is 0 Å². The highest BCUT2D eigenvalue weighted by atomic mass is 14.1. The number of hydrogen-bond acceptors (Lipinski definition) is 0. The van der Waals surface area contributed by atoms with Crippen molar-refractivity contribution >= 4 is 0 Å². The summed E-state index contributed by atoms with van der Waals surface area (Å²) in [6.45, 7) is 4.58. The smallest absolute Gasteiger partial charge is 0.0197 e. The van der Waals surface area contributed by atoms with Gasteiger partial charge in [0.15, 0.2) is 0 Å². The Kier molecular flexibility index (Phi) is 9.49. The van der Waals surface area contributed by atoms with Crippen molar-refractivity contribution in [1.29, 1.82) is 0 Å². The van der Waals surface area contributed by atoms with E-state index in [9.17, 15) is 0 Å². The minimum atomic E-state index is 1.21. The van der Waals surface area contributed by atoms with Gasteiger partial charge in [-0.15, -0.1) is 0 Å². The Bertz CT molecular complexity index is 288. The molecular weight excluding hydrogens is 228 g/mol. The van der Waals surface area contributed by atoms with Crippen molar-refractivity contribution in [2.24, 2.45) is 0 Å². The molecule has 0 saturated heterocycles. The predicted molar refractivity (Wildman–Crippen MR) is 86.3 cm³/mol. The molecule has 0 aliphatic heterocycles. The van der Waals surface area contributed by atoms with Crippen LogP contribution in [-0.4, -0.2) is 0 Å². The zero-order valence-electron chi connectivity index (χ0n) is 13.0. The number of unbranched alkanes of at least 4 members (excludes halogenated alkanes) is 5. The Morgan fingerprint density at radius 3 is 1.95 bits per heavy atom. The van der Waals surface area contributed by atoms with Crippen LogP contribution in [0, 0.1) is 5.92 Å². The molecule has 0 spiro atoms. The first-order valence-corrected chi connectivity index (χ1v) is 8.24. The van der Waals surface area contributed by atoms with Crippen molar-refractivity contribution in [3.63, 3.8) is 0 Å². The lowest BCUT2D eigenvalue weighted by Crippen LogP contribution is -2.03. The van der Waals surface area contributed by atoms with E-state index >= 15 is 0 Å². The lowest BCUT2D eigenvalue weighted by molar-refractivity contribution is 0.573. The normalized spacial score (nSPS) is 11.1. The molecule has 0 nitrogen and oxygen atoms in total. The average molecular weight is 259 g/mol. The lowest BCUT2D eigenvalue weighted by atomic mass is 9.89. The summed E-state index contributed by atoms with van der Waals surface area (Å²) in [6.07, 6.45) is 13.5. The third-order valence-electron chi connectivity index (χ3n) is 3.81. The standard InChI is InChI=1S/C19H31/c1-3-5-7-10-14-18(13-9-6-4-2)17-19-15-11-8-12-16-19/h8,11-12,15-16H,3-7,9-10,13-14,17H2,1-2H3. The van der Waals surface area contributed by atoms with Crippen LogP contribution in [0.1, 0.15) is 77.2 Å². The topological polar surface area (TPSA) is 0 Å². The Morgan fingerprint density at radius 1 is 0.737 bits per heavy atom. The van der Waals surface area contributed by atoms with E-state index in [-0.39, 0.29) is 0 Å². The average Bonchev–Trinajstić information content (AvgIpc) is 2.44. The van der Waals surface area contributed by atoms with Gasteiger partial charge in [-0.3, -0.25) is 0 Å². The molecule has 0 saturated carbocycles. The molecule has 0 heterocycles. The number of hydrogen-bond donors (Lipinski definition) is 0. The van der Waals surface area contributed by atoms with Crippen LogP contribution in [0.4, 0.5) is 0 Å². The van der Waals surface area contributed by atoms with Crippen molar-refractivity contribution in [2.75, 3.05) is 0 Å². The Morgan fingerprint density at radius 2 is 1.32 bits per heavy atom. The first-order chi connectivity index (χ1) is 9.36. The van der Waals surface area contributed by atoms with Crippen LogP contribution >= 0.6 is 0 Å². The molecule has 0 bridgehead atoms. The Hall–Kier alpha value is -0.780. The molecule has 1 aromatic rings. The molecule has 0 aliphatic rings. The van der Waals surface area contributed by atoms with Gasteiger partial charge in [0, 0.05) is 0 Å². The van der Waals surface area contributed by atoms with E-state index in [0.29, 0.717) is 0 Å². The molecule has 0 heteroatoms. The molecule has 0 fully saturated rings. The van der Waals surface area contributed by atoms with Crippen LogP contribution in [0.15, 0.2) is 30.3 Å². The Labute approximate surface area is 120 Å². The molecule has 0 atom stereocenters. The largest absolute Gasteiger partial charge is 0.0654 e. The molecule has 0 unspecified atom stereocenters. The molecule has 107 valence electrons. The van der Waals surface area contributed by atoms with Gasteiger partial charge in [0.1, 0.15) is 0 Å². The first-order valence-electron chi connectivity index (χ1n) is 8.24. The molecule has 1 radical (unpaired) electrons. The van der Waals surface area contributed by atoms with Gasteiger partial charge in [0.25, 0.3) is 0 Å². The minimum Gasteiger partial charge on any atom is -0.0654 e. The van der Waals surface area contributed by atoms with Gasteiger partial charge in [0.05, 0.1) is 0 Å². The minimum absolute atomic E-state index is 1.21. The molecule has 0 N–H and O–H groups in total. The van der Waals surface area contributed by atoms with E-state index in [1.54, 1.807) is 5.92 Å². The number of benzene rings is 1. The quantitative estimate of drug-likeness (QED) is 0.406. The molecule has 1 aromatic carbocycles. The molecular formula is C19H31. The summed E-state index contributed by atoms with van der Waals surface area (Å²) in [4.78, 5) is 0. The molecule has 19 heavy (non-hydrogen) atoms. The highest BCUT2D eigenvalue weighted by Crippen LogP contribution is 2.24. The van der Waals surface area contributed by atoms with Crippen molar-refractivity contribution in [1.82, 2.24) is 0 Å². The fourth-order valence-electron chi connectivity index (χ4n) is 2.61. The van der Waals surface area contributed by atoms with E-state index in [1.165, 1.54) is 69.8 Å². The van der Waals surface area contributed by atoms with Crippen LogP contribution in [0.5, 0.6) is 0 Å².